The van der Waals surface area contributed by atoms with E-state index in [-0.39, 0.29) is 18.0 Å². The predicted molar refractivity (Wildman–Crippen MR) is 90.5 cm³/mol. The molecule has 0 bridgehead atoms. The van der Waals surface area contributed by atoms with Gasteiger partial charge in [-0.1, -0.05) is 12.1 Å². The third-order valence-electron chi connectivity index (χ3n) is 3.87. The Morgan fingerprint density at radius 3 is 2.71 bits per heavy atom. The van der Waals surface area contributed by atoms with Gasteiger partial charge in [0.1, 0.15) is 0 Å². The summed E-state index contributed by atoms with van der Waals surface area (Å²) in [6.45, 7) is 1.88. The van der Waals surface area contributed by atoms with Crippen LogP contribution in [0.25, 0.3) is 0 Å². The molecule has 0 fully saturated rings. The van der Waals surface area contributed by atoms with Crippen LogP contribution in [0.4, 0.5) is 16.2 Å². The van der Waals surface area contributed by atoms with E-state index in [1.165, 1.54) is 0 Å². The van der Waals surface area contributed by atoms with Crippen LogP contribution in [0.15, 0.2) is 42.5 Å². The first-order valence-electron chi connectivity index (χ1n) is 7.55. The molecule has 3 amide bonds. The number of hydrogen-bond acceptors (Lipinski definition) is 3. The Labute approximate surface area is 139 Å². The van der Waals surface area contributed by atoms with Crippen molar-refractivity contribution in [3.05, 3.63) is 59.2 Å². The van der Waals surface area contributed by atoms with Gasteiger partial charge in [0, 0.05) is 11.4 Å². The second-order valence-electron chi connectivity index (χ2n) is 5.65. The molecule has 24 heavy (non-hydrogen) atoms. The predicted octanol–water partition coefficient (Wildman–Crippen LogP) is 2.94. The number of fused-ring (bicyclic) bond motifs is 1. The van der Waals surface area contributed by atoms with Gasteiger partial charge in [0.15, 0.2) is 0 Å². The fourth-order valence-corrected chi connectivity index (χ4v) is 2.59. The molecule has 0 aliphatic carbocycles. The summed E-state index contributed by atoms with van der Waals surface area (Å²) in [6.07, 6.45) is 0.368. The van der Waals surface area contributed by atoms with Gasteiger partial charge < -0.3 is 16.0 Å². The van der Waals surface area contributed by atoms with Crippen LogP contribution in [0.5, 0.6) is 0 Å². The highest BCUT2D eigenvalue weighted by Gasteiger charge is 2.19. The molecule has 0 saturated heterocycles. The molecule has 0 aromatic heterocycles. The Morgan fingerprint density at radius 1 is 1.25 bits per heavy atom. The first kappa shape index (κ1) is 15.6. The highest BCUT2D eigenvalue weighted by molar-refractivity contribution is 5.99. The largest absolute Gasteiger partial charge is 0.331 e. The molecule has 6 nitrogen and oxygen atoms in total. The van der Waals surface area contributed by atoms with Gasteiger partial charge in [0.25, 0.3) is 0 Å². The lowest BCUT2D eigenvalue weighted by molar-refractivity contribution is -0.115. The molecule has 0 unspecified atom stereocenters. The molecule has 2 aromatic rings. The molecule has 120 valence electrons. The van der Waals surface area contributed by atoms with Crippen LogP contribution in [-0.2, 0) is 11.2 Å². The lowest BCUT2D eigenvalue weighted by Crippen LogP contribution is -2.31. The number of rotatable bonds is 3. The van der Waals surface area contributed by atoms with E-state index in [0.717, 1.165) is 16.8 Å². The van der Waals surface area contributed by atoms with E-state index >= 15 is 0 Å². The number of benzene rings is 2. The average molecular weight is 320 g/mol. The smallest absolute Gasteiger partial charge is 0.319 e. The number of amides is 3. The van der Waals surface area contributed by atoms with E-state index in [9.17, 15) is 9.59 Å². The molecule has 1 heterocycles. The van der Waals surface area contributed by atoms with Crippen molar-refractivity contribution in [1.82, 2.24) is 5.32 Å². The summed E-state index contributed by atoms with van der Waals surface area (Å²) in [4.78, 5) is 23.5. The number of nitrogens with zero attached hydrogens (tertiary/aromatic N) is 1. The summed E-state index contributed by atoms with van der Waals surface area (Å²) in [6, 6.07) is 13.8. The zero-order valence-electron chi connectivity index (χ0n) is 13.1. The minimum absolute atomic E-state index is 0.0127. The Kier molecular flexibility index (Phi) is 4.17. The van der Waals surface area contributed by atoms with Crippen LogP contribution in [0.3, 0.4) is 0 Å². The lowest BCUT2D eigenvalue weighted by atomic mass is 10.0. The van der Waals surface area contributed by atoms with Gasteiger partial charge in [-0.3, -0.25) is 4.79 Å². The van der Waals surface area contributed by atoms with Crippen LogP contribution in [0.2, 0.25) is 0 Å². The molecule has 1 aliphatic rings. The maximum Gasteiger partial charge on any atom is 0.319 e. The van der Waals surface area contributed by atoms with Crippen molar-refractivity contribution < 1.29 is 9.59 Å². The molecule has 2 aromatic carbocycles. The van der Waals surface area contributed by atoms with Gasteiger partial charge in [-0.25, -0.2) is 4.79 Å². The summed E-state index contributed by atoms with van der Waals surface area (Å²) in [5.74, 6) is -0.0127. The zero-order chi connectivity index (χ0) is 17.1. The second kappa shape index (κ2) is 6.42. The van der Waals surface area contributed by atoms with Crippen LogP contribution < -0.4 is 16.0 Å². The monoisotopic (exact) mass is 320 g/mol. The molecule has 3 N–H and O–H groups in total. The van der Waals surface area contributed by atoms with Crippen LogP contribution in [-0.4, -0.2) is 11.9 Å². The SMILES string of the molecule is C[C@@H](NC(=O)Nc1ccc(C#N)cc1)c1ccc2c(c1)CC(=O)N2. The average Bonchev–Trinajstić information content (AvgIpc) is 2.94. The normalized spacial score (nSPS) is 13.4. The number of nitriles is 1. The molecular formula is C18H16N4O2. The van der Waals surface area contributed by atoms with E-state index in [1.54, 1.807) is 24.3 Å². The highest BCUT2D eigenvalue weighted by Crippen LogP contribution is 2.26. The summed E-state index contributed by atoms with van der Waals surface area (Å²) in [5, 5.41) is 17.1. The van der Waals surface area contributed by atoms with Gasteiger partial charge in [0.05, 0.1) is 24.1 Å². The summed E-state index contributed by atoms with van der Waals surface area (Å²) in [7, 11) is 0. The van der Waals surface area contributed by atoms with E-state index < -0.39 is 0 Å². The summed E-state index contributed by atoms with van der Waals surface area (Å²) in [5.41, 5.74) is 3.86. The standard InChI is InChI=1S/C18H16N4O2/c1-11(13-4-7-16-14(8-13)9-17(23)22-16)20-18(24)21-15-5-2-12(10-19)3-6-15/h2-8,11H,9H2,1H3,(H,22,23)(H2,20,21,24)/t11-/m1/s1. The third-order valence-corrected chi connectivity index (χ3v) is 3.87. The van der Waals surface area contributed by atoms with Crippen molar-refractivity contribution in [3.63, 3.8) is 0 Å². The molecular weight excluding hydrogens is 304 g/mol. The van der Waals surface area contributed by atoms with Gasteiger partial charge in [-0.2, -0.15) is 5.26 Å². The van der Waals surface area contributed by atoms with Gasteiger partial charge in [-0.05, 0) is 48.4 Å². The number of anilines is 2. The molecule has 6 heteroatoms. The van der Waals surface area contributed by atoms with Crippen molar-refractivity contribution in [1.29, 1.82) is 5.26 Å². The fraction of sp³-hybridized carbons (Fsp3) is 0.167. The molecule has 1 atom stereocenters. The number of hydrogen-bond donors (Lipinski definition) is 3. The van der Waals surface area contributed by atoms with E-state index in [1.807, 2.05) is 31.2 Å². The molecule has 0 saturated carbocycles. The van der Waals surface area contributed by atoms with Crippen molar-refractivity contribution in [3.8, 4) is 6.07 Å². The van der Waals surface area contributed by atoms with Crippen molar-refractivity contribution in [2.24, 2.45) is 0 Å². The second-order valence-corrected chi connectivity index (χ2v) is 5.65. The van der Waals surface area contributed by atoms with Crippen LogP contribution in [0, 0.1) is 11.3 Å². The minimum atomic E-state index is -0.332. The van der Waals surface area contributed by atoms with Gasteiger partial charge >= 0.3 is 6.03 Å². The highest BCUT2D eigenvalue weighted by atomic mass is 16.2. The Bertz CT molecular complexity index is 837. The Balaban J connectivity index is 1.63. The Hall–Kier alpha value is -3.33. The quantitative estimate of drug-likeness (QED) is 0.811. The van der Waals surface area contributed by atoms with Crippen LogP contribution in [0.1, 0.15) is 29.7 Å². The van der Waals surface area contributed by atoms with Crippen molar-refractivity contribution in [2.75, 3.05) is 10.6 Å². The molecule has 3 rings (SSSR count). The first-order chi connectivity index (χ1) is 11.5. The number of carbonyl (C=O) groups is 2. The fourth-order valence-electron chi connectivity index (χ4n) is 2.59. The van der Waals surface area contributed by atoms with Gasteiger partial charge in [0.2, 0.25) is 5.91 Å². The summed E-state index contributed by atoms with van der Waals surface area (Å²) < 4.78 is 0. The molecule has 0 spiro atoms. The lowest BCUT2D eigenvalue weighted by Gasteiger charge is -2.16. The molecule has 1 aliphatic heterocycles. The number of nitrogens with one attached hydrogen (secondary N) is 3. The Morgan fingerprint density at radius 2 is 2.00 bits per heavy atom. The van der Waals surface area contributed by atoms with Crippen molar-refractivity contribution in [2.45, 2.75) is 19.4 Å². The minimum Gasteiger partial charge on any atom is -0.331 e. The molecule has 0 radical (unpaired) electrons. The van der Waals surface area contributed by atoms with Crippen molar-refractivity contribution >= 4 is 23.3 Å². The first-order valence-corrected chi connectivity index (χ1v) is 7.55. The maximum absolute atomic E-state index is 12.1. The van der Waals surface area contributed by atoms with E-state index in [0.29, 0.717) is 17.7 Å². The third kappa shape index (κ3) is 3.36. The zero-order valence-corrected chi connectivity index (χ0v) is 13.1. The van der Waals surface area contributed by atoms with E-state index in [2.05, 4.69) is 16.0 Å². The van der Waals surface area contributed by atoms with Gasteiger partial charge in [-0.15, -0.1) is 0 Å². The van der Waals surface area contributed by atoms with E-state index in [4.69, 9.17) is 5.26 Å². The topological polar surface area (TPSA) is 94.0 Å². The number of carbonyl (C=O) groups excluding carboxylic acids is 2. The number of urea groups is 1. The summed E-state index contributed by atoms with van der Waals surface area (Å²) >= 11 is 0. The maximum atomic E-state index is 12.1. The van der Waals surface area contributed by atoms with Crippen LogP contribution >= 0.6 is 0 Å².